The molecule has 1 heterocycles. The summed E-state index contributed by atoms with van der Waals surface area (Å²) in [5, 5.41) is 6.38. The van der Waals surface area contributed by atoms with Gasteiger partial charge in [0.2, 0.25) is 5.91 Å². The van der Waals surface area contributed by atoms with Crippen molar-refractivity contribution in [1.29, 1.82) is 0 Å². The van der Waals surface area contributed by atoms with Crippen LogP contribution in [0.2, 0.25) is 0 Å². The summed E-state index contributed by atoms with van der Waals surface area (Å²) in [4.78, 5) is 12.1. The van der Waals surface area contributed by atoms with Crippen LogP contribution in [0.3, 0.4) is 0 Å². The van der Waals surface area contributed by atoms with Gasteiger partial charge in [-0.3, -0.25) is 10.1 Å². The van der Waals surface area contributed by atoms with Crippen LogP contribution in [0.4, 0.5) is 0 Å². The van der Waals surface area contributed by atoms with E-state index >= 15 is 0 Å². The zero-order chi connectivity index (χ0) is 14.0. The molecule has 1 aliphatic heterocycles. The molecule has 2 N–H and O–H groups in total. The van der Waals surface area contributed by atoms with Crippen molar-refractivity contribution in [2.75, 3.05) is 18.2 Å². The van der Waals surface area contributed by atoms with Gasteiger partial charge in [-0.25, -0.2) is 0 Å². The van der Waals surface area contributed by atoms with Crippen LogP contribution >= 0.6 is 27.7 Å². The molecular weight excluding hydrogens is 336 g/mol. The van der Waals surface area contributed by atoms with E-state index in [1.165, 1.54) is 12.0 Å². The maximum absolute atomic E-state index is 12.1. The van der Waals surface area contributed by atoms with Crippen molar-refractivity contribution in [2.24, 2.45) is 0 Å². The zero-order valence-corrected chi connectivity index (χ0v) is 13.7. The number of amides is 1. The highest BCUT2D eigenvalue weighted by Gasteiger charge is 2.39. The second kappa shape index (κ2) is 6.08. The molecule has 1 aromatic carbocycles. The van der Waals surface area contributed by atoms with Gasteiger partial charge in [0, 0.05) is 28.1 Å². The monoisotopic (exact) mass is 354 g/mol. The number of hydrogen-bond donors (Lipinski definition) is 2. The third-order valence-electron chi connectivity index (χ3n) is 4.38. The molecule has 1 saturated heterocycles. The number of rotatable bonds is 4. The van der Waals surface area contributed by atoms with Crippen LogP contribution in [0.15, 0.2) is 28.7 Å². The van der Waals surface area contributed by atoms with E-state index in [1.54, 1.807) is 11.8 Å². The van der Waals surface area contributed by atoms with Crippen LogP contribution < -0.4 is 10.6 Å². The fraction of sp³-hybridized carbons (Fsp3) is 0.533. The fourth-order valence-electron chi connectivity index (χ4n) is 2.93. The van der Waals surface area contributed by atoms with Crippen LogP contribution in [0, 0.1) is 0 Å². The Morgan fingerprint density at radius 3 is 2.95 bits per heavy atom. The van der Waals surface area contributed by atoms with Gasteiger partial charge in [-0.2, -0.15) is 0 Å². The average Bonchev–Trinajstić information content (AvgIpc) is 2.91. The normalized spacial score (nSPS) is 24.1. The standard InChI is InChI=1S/C15H19BrN2OS/c16-12-4-1-3-11(7-12)15(5-2-6-15)9-17-14(19)13-8-20-10-18-13/h1,3-4,7,13,18H,2,5-6,8-10H2,(H,17,19). The number of thioether (sulfide) groups is 1. The largest absolute Gasteiger partial charge is 0.354 e. The second-order valence-corrected chi connectivity index (χ2v) is 7.58. The van der Waals surface area contributed by atoms with Gasteiger partial charge in [-0.05, 0) is 30.5 Å². The lowest BCUT2D eigenvalue weighted by Crippen LogP contribution is -2.50. The Labute approximate surface area is 132 Å². The molecule has 5 heteroatoms. The van der Waals surface area contributed by atoms with Gasteiger partial charge in [0.05, 0.1) is 6.04 Å². The van der Waals surface area contributed by atoms with Crippen LogP contribution in [-0.2, 0) is 10.2 Å². The number of nitrogens with one attached hydrogen (secondary N) is 2. The summed E-state index contributed by atoms with van der Waals surface area (Å²) < 4.78 is 1.11. The van der Waals surface area contributed by atoms with Crippen LogP contribution in [-0.4, -0.2) is 30.1 Å². The van der Waals surface area contributed by atoms with Gasteiger partial charge < -0.3 is 5.32 Å². The second-order valence-electron chi connectivity index (χ2n) is 5.63. The molecule has 20 heavy (non-hydrogen) atoms. The van der Waals surface area contributed by atoms with Gasteiger partial charge in [-0.1, -0.05) is 34.5 Å². The van der Waals surface area contributed by atoms with Gasteiger partial charge in [0.1, 0.15) is 0 Å². The first-order valence-corrected chi connectivity index (χ1v) is 8.99. The van der Waals surface area contributed by atoms with E-state index in [0.29, 0.717) is 0 Å². The van der Waals surface area contributed by atoms with Crippen molar-refractivity contribution in [1.82, 2.24) is 10.6 Å². The molecule has 1 saturated carbocycles. The van der Waals surface area contributed by atoms with Crippen molar-refractivity contribution in [3.05, 3.63) is 34.3 Å². The first kappa shape index (κ1) is 14.4. The fourth-order valence-corrected chi connectivity index (χ4v) is 4.27. The molecule has 3 nitrogen and oxygen atoms in total. The first-order chi connectivity index (χ1) is 9.70. The maximum Gasteiger partial charge on any atom is 0.238 e. The Hall–Kier alpha value is -0.520. The summed E-state index contributed by atoms with van der Waals surface area (Å²) in [6.07, 6.45) is 3.58. The topological polar surface area (TPSA) is 41.1 Å². The minimum absolute atomic E-state index is 0.0142. The lowest BCUT2D eigenvalue weighted by Gasteiger charge is -2.43. The Balaban J connectivity index is 1.66. The molecule has 1 unspecified atom stereocenters. The molecule has 2 aliphatic rings. The van der Waals surface area contributed by atoms with E-state index in [2.05, 4.69) is 44.8 Å². The quantitative estimate of drug-likeness (QED) is 0.873. The minimum Gasteiger partial charge on any atom is -0.354 e. The van der Waals surface area contributed by atoms with E-state index in [1.807, 2.05) is 6.07 Å². The Kier molecular flexibility index (Phi) is 4.38. The lowest BCUT2D eigenvalue weighted by atomic mass is 9.64. The van der Waals surface area contributed by atoms with Gasteiger partial charge in [0.15, 0.2) is 0 Å². The van der Waals surface area contributed by atoms with Crippen molar-refractivity contribution < 1.29 is 4.79 Å². The van der Waals surface area contributed by atoms with Crippen molar-refractivity contribution >= 4 is 33.6 Å². The lowest BCUT2D eigenvalue weighted by molar-refractivity contribution is -0.122. The van der Waals surface area contributed by atoms with Crippen molar-refractivity contribution in [3.8, 4) is 0 Å². The first-order valence-electron chi connectivity index (χ1n) is 7.05. The van der Waals surface area contributed by atoms with Crippen LogP contribution in [0.1, 0.15) is 24.8 Å². The Morgan fingerprint density at radius 1 is 1.50 bits per heavy atom. The summed E-state index contributed by atoms with van der Waals surface area (Å²) in [7, 11) is 0. The molecule has 0 spiro atoms. The summed E-state index contributed by atoms with van der Waals surface area (Å²) in [5.74, 6) is 1.92. The summed E-state index contributed by atoms with van der Waals surface area (Å²) in [6.45, 7) is 0.755. The van der Waals surface area contributed by atoms with Gasteiger partial charge >= 0.3 is 0 Å². The van der Waals surface area contributed by atoms with E-state index in [-0.39, 0.29) is 17.4 Å². The molecule has 1 aliphatic carbocycles. The number of benzene rings is 1. The molecule has 1 amide bonds. The molecule has 0 bridgehead atoms. The molecule has 0 radical (unpaired) electrons. The highest BCUT2D eigenvalue weighted by molar-refractivity contribution is 9.10. The van der Waals surface area contributed by atoms with Gasteiger partial charge in [-0.15, -0.1) is 11.8 Å². The summed E-state index contributed by atoms with van der Waals surface area (Å²) in [5.41, 5.74) is 1.48. The smallest absolute Gasteiger partial charge is 0.238 e. The predicted octanol–water partition coefficient (Wildman–Crippen LogP) is 2.65. The number of carbonyl (C=O) groups is 1. The van der Waals surface area contributed by atoms with E-state index in [0.717, 1.165) is 35.5 Å². The van der Waals surface area contributed by atoms with E-state index in [9.17, 15) is 4.79 Å². The summed E-state index contributed by atoms with van der Waals surface area (Å²) >= 11 is 5.33. The highest BCUT2D eigenvalue weighted by atomic mass is 79.9. The van der Waals surface area contributed by atoms with Gasteiger partial charge in [0.25, 0.3) is 0 Å². The number of carbonyl (C=O) groups excluding carboxylic acids is 1. The maximum atomic E-state index is 12.1. The Bertz CT molecular complexity index is 498. The summed E-state index contributed by atoms with van der Waals surface area (Å²) in [6, 6.07) is 8.49. The number of halogens is 1. The molecule has 2 fully saturated rings. The third-order valence-corrected chi connectivity index (χ3v) is 5.81. The minimum atomic E-state index is -0.0142. The van der Waals surface area contributed by atoms with E-state index in [4.69, 9.17) is 0 Å². The molecule has 108 valence electrons. The average molecular weight is 355 g/mol. The van der Waals surface area contributed by atoms with E-state index < -0.39 is 0 Å². The third kappa shape index (κ3) is 2.90. The Morgan fingerprint density at radius 2 is 2.35 bits per heavy atom. The highest BCUT2D eigenvalue weighted by Crippen LogP contribution is 2.43. The molecule has 1 atom stereocenters. The number of hydrogen-bond acceptors (Lipinski definition) is 3. The SMILES string of the molecule is O=C(NCC1(c2cccc(Br)c2)CCC1)C1CSCN1. The molecular formula is C15H19BrN2OS. The predicted molar refractivity (Wildman–Crippen MR) is 86.9 cm³/mol. The van der Waals surface area contributed by atoms with Crippen molar-refractivity contribution in [3.63, 3.8) is 0 Å². The molecule has 1 aromatic rings. The van der Waals surface area contributed by atoms with Crippen molar-refractivity contribution in [2.45, 2.75) is 30.7 Å². The molecule has 3 rings (SSSR count). The van der Waals surface area contributed by atoms with Crippen LogP contribution in [0.5, 0.6) is 0 Å². The zero-order valence-electron chi connectivity index (χ0n) is 11.3. The van der Waals surface area contributed by atoms with Crippen LogP contribution in [0.25, 0.3) is 0 Å². The molecule has 0 aromatic heterocycles.